The van der Waals surface area contributed by atoms with Gasteiger partial charge in [-0.2, -0.15) is 0 Å². The second-order valence-electron chi connectivity index (χ2n) is 3.21. The molecule has 0 atom stereocenters. The van der Waals surface area contributed by atoms with E-state index in [2.05, 4.69) is 14.4 Å². The molecule has 0 aliphatic heterocycles. The summed E-state index contributed by atoms with van der Waals surface area (Å²) in [6.45, 7) is 0. The Morgan fingerprint density at radius 3 is 2.88 bits per heavy atom. The number of nitrogens with zero attached hydrogens (tertiary/aromatic N) is 1. The standard InChI is InChI=1S/C9H13N3O4S/c1-16-9(13)3-5-17(14,15)12-8-2-4-11-6-7(8)10/h2,4,6H,3,5,10H2,1H3,(H,11,12). The molecule has 0 aliphatic rings. The van der Waals surface area contributed by atoms with E-state index in [4.69, 9.17) is 5.73 Å². The highest BCUT2D eigenvalue weighted by Crippen LogP contribution is 2.17. The predicted octanol–water partition coefficient (Wildman–Crippen LogP) is -0.0314. The van der Waals surface area contributed by atoms with Crippen LogP contribution in [-0.4, -0.2) is 32.2 Å². The minimum Gasteiger partial charge on any atom is -0.469 e. The van der Waals surface area contributed by atoms with Crippen molar-refractivity contribution in [3.63, 3.8) is 0 Å². The maximum absolute atomic E-state index is 11.6. The van der Waals surface area contributed by atoms with Crippen molar-refractivity contribution in [2.75, 3.05) is 23.3 Å². The fourth-order valence-electron chi connectivity index (χ4n) is 1.04. The van der Waals surface area contributed by atoms with Gasteiger partial charge in [0.05, 0.1) is 36.9 Å². The number of rotatable bonds is 5. The van der Waals surface area contributed by atoms with Crippen LogP contribution in [-0.2, 0) is 19.6 Å². The third-order valence-electron chi connectivity index (χ3n) is 1.92. The van der Waals surface area contributed by atoms with E-state index in [0.717, 1.165) is 0 Å². The number of anilines is 2. The van der Waals surface area contributed by atoms with Crippen molar-refractivity contribution in [1.29, 1.82) is 0 Å². The van der Waals surface area contributed by atoms with Gasteiger partial charge >= 0.3 is 5.97 Å². The molecule has 0 amide bonds. The number of hydrogen-bond acceptors (Lipinski definition) is 6. The number of ether oxygens (including phenoxy) is 1. The van der Waals surface area contributed by atoms with Gasteiger partial charge in [-0.05, 0) is 6.07 Å². The van der Waals surface area contributed by atoms with Crippen LogP contribution >= 0.6 is 0 Å². The molecule has 1 heterocycles. The van der Waals surface area contributed by atoms with Crippen LogP contribution in [0.4, 0.5) is 11.4 Å². The van der Waals surface area contributed by atoms with Crippen molar-refractivity contribution < 1.29 is 17.9 Å². The van der Waals surface area contributed by atoms with Crippen molar-refractivity contribution in [3.05, 3.63) is 18.5 Å². The van der Waals surface area contributed by atoms with Gasteiger partial charge in [-0.3, -0.25) is 14.5 Å². The average molecular weight is 259 g/mol. The summed E-state index contributed by atoms with van der Waals surface area (Å²) in [6, 6.07) is 1.44. The highest BCUT2D eigenvalue weighted by atomic mass is 32.2. The molecule has 0 aliphatic carbocycles. The second kappa shape index (κ2) is 5.48. The number of methoxy groups -OCH3 is 1. The Bertz CT molecular complexity index is 501. The highest BCUT2D eigenvalue weighted by molar-refractivity contribution is 7.92. The first-order valence-electron chi connectivity index (χ1n) is 4.71. The van der Waals surface area contributed by atoms with Gasteiger partial charge in [-0.15, -0.1) is 0 Å². The Morgan fingerprint density at radius 2 is 2.29 bits per heavy atom. The minimum atomic E-state index is -3.62. The van der Waals surface area contributed by atoms with Crippen LogP contribution in [0.3, 0.4) is 0 Å². The van der Waals surface area contributed by atoms with Gasteiger partial charge in [-0.25, -0.2) is 8.42 Å². The predicted molar refractivity (Wildman–Crippen MR) is 62.7 cm³/mol. The van der Waals surface area contributed by atoms with Crippen molar-refractivity contribution >= 4 is 27.4 Å². The summed E-state index contributed by atoms with van der Waals surface area (Å²) in [5.74, 6) is -0.945. The quantitative estimate of drug-likeness (QED) is 0.718. The van der Waals surface area contributed by atoms with E-state index in [-0.39, 0.29) is 23.5 Å². The van der Waals surface area contributed by atoms with E-state index in [1.807, 2.05) is 0 Å². The molecule has 0 radical (unpaired) electrons. The summed E-state index contributed by atoms with van der Waals surface area (Å²) < 4.78 is 29.8. The fraction of sp³-hybridized carbons (Fsp3) is 0.333. The lowest BCUT2D eigenvalue weighted by atomic mass is 10.4. The lowest BCUT2D eigenvalue weighted by molar-refractivity contribution is -0.140. The van der Waals surface area contributed by atoms with Crippen LogP contribution in [0.2, 0.25) is 0 Å². The van der Waals surface area contributed by atoms with Crippen LogP contribution in [0, 0.1) is 0 Å². The van der Waals surface area contributed by atoms with E-state index < -0.39 is 16.0 Å². The van der Waals surface area contributed by atoms with Crippen molar-refractivity contribution in [3.8, 4) is 0 Å². The fourth-order valence-corrected chi connectivity index (χ4v) is 2.10. The number of aromatic nitrogens is 1. The third kappa shape index (κ3) is 4.27. The molecule has 17 heavy (non-hydrogen) atoms. The number of carbonyl (C=O) groups is 1. The van der Waals surface area contributed by atoms with Gasteiger partial charge in [0, 0.05) is 6.20 Å². The van der Waals surface area contributed by atoms with Crippen LogP contribution < -0.4 is 10.5 Å². The van der Waals surface area contributed by atoms with Gasteiger partial charge in [0.15, 0.2) is 0 Å². The van der Waals surface area contributed by atoms with Crippen LogP contribution in [0.1, 0.15) is 6.42 Å². The van der Waals surface area contributed by atoms with Gasteiger partial charge in [0.25, 0.3) is 0 Å². The van der Waals surface area contributed by atoms with E-state index in [1.165, 1.54) is 25.6 Å². The van der Waals surface area contributed by atoms with Crippen LogP contribution in [0.15, 0.2) is 18.5 Å². The van der Waals surface area contributed by atoms with Crippen molar-refractivity contribution in [1.82, 2.24) is 4.98 Å². The minimum absolute atomic E-state index is 0.211. The molecule has 8 heteroatoms. The summed E-state index contributed by atoms with van der Waals surface area (Å²) >= 11 is 0. The summed E-state index contributed by atoms with van der Waals surface area (Å²) in [4.78, 5) is 14.6. The normalized spacial score (nSPS) is 10.9. The van der Waals surface area contributed by atoms with Crippen LogP contribution in [0.5, 0.6) is 0 Å². The first-order valence-corrected chi connectivity index (χ1v) is 6.36. The lowest BCUT2D eigenvalue weighted by Crippen LogP contribution is -2.20. The second-order valence-corrected chi connectivity index (χ2v) is 5.05. The Kier molecular flexibility index (Phi) is 4.27. The number of pyridine rings is 1. The van der Waals surface area contributed by atoms with E-state index >= 15 is 0 Å². The molecule has 0 saturated heterocycles. The summed E-state index contributed by atoms with van der Waals surface area (Å²) in [5.41, 5.74) is 5.99. The Labute approximate surface area is 99.0 Å². The molecular formula is C9H13N3O4S. The molecule has 1 aromatic rings. The molecule has 0 saturated carbocycles. The number of nitrogens with two attached hydrogens (primary N) is 1. The van der Waals surface area contributed by atoms with E-state index in [9.17, 15) is 13.2 Å². The number of nitrogen functional groups attached to an aromatic ring is 1. The highest BCUT2D eigenvalue weighted by Gasteiger charge is 2.14. The van der Waals surface area contributed by atoms with E-state index in [1.54, 1.807) is 0 Å². The zero-order valence-electron chi connectivity index (χ0n) is 9.21. The largest absolute Gasteiger partial charge is 0.469 e. The first-order chi connectivity index (χ1) is 7.94. The maximum atomic E-state index is 11.6. The molecule has 1 rings (SSSR count). The topological polar surface area (TPSA) is 111 Å². The van der Waals surface area contributed by atoms with Crippen LogP contribution in [0.25, 0.3) is 0 Å². The smallest absolute Gasteiger partial charge is 0.306 e. The van der Waals surface area contributed by atoms with E-state index in [0.29, 0.717) is 0 Å². The Morgan fingerprint density at radius 1 is 1.59 bits per heavy atom. The number of carbonyl (C=O) groups excluding carboxylic acids is 1. The molecular weight excluding hydrogens is 246 g/mol. The number of esters is 1. The summed E-state index contributed by atoms with van der Waals surface area (Å²) in [7, 11) is -2.42. The molecule has 0 aromatic carbocycles. The molecule has 0 unspecified atom stereocenters. The lowest BCUT2D eigenvalue weighted by Gasteiger charge is -2.08. The van der Waals surface area contributed by atoms with Gasteiger partial charge in [0.2, 0.25) is 10.0 Å². The maximum Gasteiger partial charge on any atom is 0.306 e. The molecule has 0 bridgehead atoms. The monoisotopic (exact) mass is 259 g/mol. The summed E-state index contributed by atoms with van der Waals surface area (Å²) in [6.07, 6.45) is 2.53. The molecule has 0 fully saturated rings. The molecule has 0 spiro atoms. The van der Waals surface area contributed by atoms with Crippen molar-refractivity contribution in [2.24, 2.45) is 0 Å². The number of hydrogen-bond donors (Lipinski definition) is 2. The number of nitrogens with one attached hydrogen (secondary N) is 1. The Balaban J connectivity index is 2.67. The van der Waals surface area contributed by atoms with Gasteiger partial charge in [0.1, 0.15) is 0 Å². The SMILES string of the molecule is COC(=O)CCS(=O)(=O)Nc1ccncc1N. The average Bonchev–Trinajstić information content (AvgIpc) is 2.29. The third-order valence-corrected chi connectivity index (χ3v) is 3.19. The summed E-state index contributed by atoms with van der Waals surface area (Å²) in [5, 5.41) is 0. The zero-order chi connectivity index (χ0) is 12.9. The molecule has 3 N–H and O–H groups in total. The molecule has 7 nitrogen and oxygen atoms in total. The van der Waals surface area contributed by atoms with Gasteiger partial charge in [-0.1, -0.05) is 0 Å². The molecule has 1 aromatic heterocycles. The first kappa shape index (κ1) is 13.2. The zero-order valence-corrected chi connectivity index (χ0v) is 10.0. The Hall–Kier alpha value is -1.83. The number of sulfonamides is 1. The van der Waals surface area contributed by atoms with Crippen molar-refractivity contribution in [2.45, 2.75) is 6.42 Å². The molecule has 94 valence electrons. The van der Waals surface area contributed by atoms with Gasteiger partial charge < -0.3 is 10.5 Å².